The molecule has 2 N–H and O–H groups in total. The van der Waals surface area contributed by atoms with Gasteiger partial charge in [0.15, 0.2) is 0 Å². The third-order valence-corrected chi connectivity index (χ3v) is 7.73. The lowest BCUT2D eigenvalue weighted by molar-refractivity contribution is -0.122. The van der Waals surface area contributed by atoms with Crippen molar-refractivity contribution in [3.8, 4) is 5.88 Å². The molecule has 0 bridgehead atoms. The van der Waals surface area contributed by atoms with Crippen molar-refractivity contribution in [1.82, 2.24) is 15.1 Å². The molecule has 6 nitrogen and oxygen atoms in total. The number of hydrogen-bond donors (Lipinski definition) is 2. The Hall–Kier alpha value is -3.13. The fourth-order valence-corrected chi connectivity index (χ4v) is 6.24. The quantitative estimate of drug-likeness (QED) is 0.389. The van der Waals surface area contributed by atoms with Crippen LogP contribution < -0.4 is 15.4 Å². The van der Waals surface area contributed by atoms with Crippen molar-refractivity contribution in [2.24, 2.45) is 0 Å². The predicted octanol–water partition coefficient (Wildman–Crippen LogP) is 5.02. The molecule has 9 heteroatoms. The summed E-state index contributed by atoms with van der Waals surface area (Å²) in [6.45, 7) is 0.303. The average Bonchev–Trinajstić information content (AvgIpc) is 3.45. The highest BCUT2D eigenvalue weighted by atomic mass is 35.5. The summed E-state index contributed by atoms with van der Waals surface area (Å²) < 4.78 is 23.6. The Morgan fingerprint density at radius 3 is 2.85 bits per heavy atom. The van der Waals surface area contributed by atoms with Crippen molar-refractivity contribution in [3.63, 3.8) is 0 Å². The highest BCUT2D eigenvalue weighted by Gasteiger charge is 2.65. The van der Waals surface area contributed by atoms with E-state index in [9.17, 15) is 4.79 Å². The standard InChI is InChI=1S/C25H17Cl2FN4O2/c26-12-8-9-15-18(10-12)29-24(33)25(15)20(14-5-3-6-16(27)21(14)28)22-19(30-25)11-34-23-13-4-1-2-7-17(13)31-32(22)23/h1-10,19-20,22,30H,11H2,(H,29,33)/t19-,20-,22+,25+/m0/s1. The largest absolute Gasteiger partial charge is 0.476 e. The van der Waals surface area contributed by atoms with E-state index in [-0.39, 0.29) is 17.0 Å². The average molecular weight is 495 g/mol. The van der Waals surface area contributed by atoms with Gasteiger partial charge in [0, 0.05) is 22.2 Å². The molecule has 4 atom stereocenters. The summed E-state index contributed by atoms with van der Waals surface area (Å²) >= 11 is 12.4. The van der Waals surface area contributed by atoms with Crippen LogP contribution in [0.1, 0.15) is 23.1 Å². The van der Waals surface area contributed by atoms with Crippen molar-refractivity contribution >= 4 is 45.7 Å². The molecule has 4 heterocycles. The molecule has 0 radical (unpaired) electrons. The fraction of sp³-hybridized carbons (Fsp3) is 0.200. The lowest BCUT2D eigenvalue weighted by Crippen LogP contribution is -2.50. The molecule has 170 valence electrons. The predicted molar refractivity (Wildman–Crippen MR) is 127 cm³/mol. The first-order chi connectivity index (χ1) is 16.5. The van der Waals surface area contributed by atoms with Crippen LogP contribution in [0.3, 0.4) is 0 Å². The molecule has 3 aliphatic rings. The molecule has 1 fully saturated rings. The number of hydrogen-bond acceptors (Lipinski definition) is 4. The van der Waals surface area contributed by atoms with Crippen molar-refractivity contribution in [2.75, 3.05) is 11.9 Å². The maximum atomic E-state index is 15.6. The number of ether oxygens (including phenoxy) is 1. The number of rotatable bonds is 1. The summed E-state index contributed by atoms with van der Waals surface area (Å²) in [5.41, 5.74) is 1.16. The first-order valence-electron chi connectivity index (χ1n) is 10.9. The van der Waals surface area contributed by atoms with Crippen molar-refractivity contribution in [3.05, 3.63) is 87.7 Å². The van der Waals surface area contributed by atoms with Gasteiger partial charge in [-0.2, -0.15) is 5.10 Å². The summed E-state index contributed by atoms with van der Waals surface area (Å²) in [4.78, 5) is 13.7. The third kappa shape index (κ3) is 2.49. The second-order valence-corrected chi connectivity index (χ2v) is 9.74. The fourth-order valence-electron chi connectivity index (χ4n) is 5.89. The first kappa shape index (κ1) is 20.3. The van der Waals surface area contributed by atoms with Gasteiger partial charge in [-0.15, -0.1) is 0 Å². The molecular formula is C25H17Cl2FN4O2. The molecule has 0 saturated carbocycles. The van der Waals surface area contributed by atoms with E-state index in [4.69, 9.17) is 33.0 Å². The molecule has 4 aromatic rings. The summed E-state index contributed by atoms with van der Waals surface area (Å²) in [6.07, 6.45) is 0. The van der Waals surface area contributed by atoms with Crippen LogP contribution in [-0.2, 0) is 10.3 Å². The van der Waals surface area contributed by atoms with Gasteiger partial charge in [-0.1, -0.05) is 53.5 Å². The summed E-state index contributed by atoms with van der Waals surface area (Å²) in [7, 11) is 0. The Balaban J connectivity index is 1.53. The first-order valence-corrected chi connectivity index (χ1v) is 11.7. The smallest absolute Gasteiger partial charge is 0.250 e. The number of anilines is 1. The van der Waals surface area contributed by atoms with Crippen LogP contribution in [0.4, 0.5) is 10.1 Å². The van der Waals surface area contributed by atoms with Crippen molar-refractivity contribution in [2.45, 2.75) is 23.5 Å². The highest BCUT2D eigenvalue weighted by Crippen LogP contribution is 2.58. The lowest BCUT2D eigenvalue weighted by atomic mass is 9.74. The van der Waals surface area contributed by atoms with Gasteiger partial charge in [0.2, 0.25) is 11.8 Å². The number of nitrogens with one attached hydrogen (secondary N) is 2. The number of fused-ring (bicyclic) bond motifs is 7. The van der Waals surface area contributed by atoms with Gasteiger partial charge in [-0.3, -0.25) is 10.1 Å². The Bertz CT molecular complexity index is 1520. The summed E-state index contributed by atoms with van der Waals surface area (Å²) in [5, 5.41) is 12.7. The van der Waals surface area contributed by atoms with Gasteiger partial charge in [-0.05, 0) is 35.9 Å². The van der Waals surface area contributed by atoms with Gasteiger partial charge >= 0.3 is 0 Å². The number of benzene rings is 3. The lowest BCUT2D eigenvalue weighted by Gasteiger charge is -2.33. The number of carbonyl (C=O) groups excluding carboxylic acids is 1. The molecule has 1 saturated heterocycles. The van der Waals surface area contributed by atoms with Crippen LogP contribution in [0.25, 0.3) is 10.9 Å². The molecule has 1 aromatic heterocycles. The molecule has 3 aliphatic heterocycles. The Morgan fingerprint density at radius 1 is 1.12 bits per heavy atom. The van der Waals surface area contributed by atoms with Gasteiger partial charge in [0.1, 0.15) is 18.0 Å². The van der Waals surface area contributed by atoms with Crippen molar-refractivity contribution < 1.29 is 13.9 Å². The second-order valence-electron chi connectivity index (χ2n) is 8.89. The zero-order chi connectivity index (χ0) is 23.2. The van der Waals surface area contributed by atoms with E-state index in [1.54, 1.807) is 28.9 Å². The molecule has 0 aliphatic carbocycles. The minimum atomic E-state index is -1.26. The van der Waals surface area contributed by atoms with Gasteiger partial charge in [-0.25, -0.2) is 9.07 Å². The Morgan fingerprint density at radius 2 is 1.97 bits per heavy atom. The molecule has 7 rings (SSSR count). The molecule has 0 unspecified atom stereocenters. The molecule has 3 aromatic carbocycles. The third-order valence-electron chi connectivity index (χ3n) is 7.20. The summed E-state index contributed by atoms with van der Waals surface area (Å²) in [5.74, 6) is -0.869. The summed E-state index contributed by atoms with van der Waals surface area (Å²) in [6, 6.07) is 17.1. The maximum absolute atomic E-state index is 15.6. The Labute approximate surface area is 203 Å². The number of carbonyl (C=O) groups is 1. The topological polar surface area (TPSA) is 68.2 Å². The SMILES string of the molecule is O=C1Nc2cc(Cl)ccc2[C@]12N[C@H]1COc3c4ccccc4nn3[C@H]1[C@@H]2c1cccc(Cl)c1F. The van der Waals surface area contributed by atoms with Crippen LogP contribution >= 0.6 is 23.2 Å². The molecule has 1 spiro atoms. The molecular weight excluding hydrogens is 478 g/mol. The second kappa shape index (κ2) is 6.95. The van der Waals surface area contributed by atoms with Crippen LogP contribution in [0.5, 0.6) is 5.88 Å². The number of halogens is 3. The van der Waals surface area contributed by atoms with Crippen LogP contribution in [-0.4, -0.2) is 28.3 Å². The minimum Gasteiger partial charge on any atom is -0.476 e. The van der Waals surface area contributed by atoms with E-state index in [0.717, 1.165) is 10.9 Å². The monoisotopic (exact) mass is 494 g/mol. The van der Waals surface area contributed by atoms with E-state index < -0.39 is 23.3 Å². The van der Waals surface area contributed by atoms with Crippen LogP contribution in [0.15, 0.2) is 60.7 Å². The van der Waals surface area contributed by atoms with Crippen molar-refractivity contribution in [1.29, 1.82) is 0 Å². The molecule has 1 amide bonds. The van der Waals surface area contributed by atoms with E-state index in [2.05, 4.69) is 10.6 Å². The van der Waals surface area contributed by atoms with Gasteiger partial charge in [0.25, 0.3) is 0 Å². The van der Waals surface area contributed by atoms with Gasteiger partial charge in [0.05, 0.1) is 28.0 Å². The zero-order valence-electron chi connectivity index (χ0n) is 17.6. The van der Waals surface area contributed by atoms with Gasteiger partial charge < -0.3 is 10.1 Å². The number of nitrogens with zero attached hydrogens (tertiary/aromatic N) is 2. The molecule has 34 heavy (non-hydrogen) atoms. The number of aromatic nitrogens is 2. The Kier molecular flexibility index (Phi) is 4.14. The number of amides is 1. The minimum absolute atomic E-state index is 0.00347. The normalized spacial score (nSPS) is 26.8. The van der Waals surface area contributed by atoms with E-state index >= 15 is 4.39 Å². The van der Waals surface area contributed by atoms with Crippen LogP contribution in [0, 0.1) is 5.82 Å². The van der Waals surface area contributed by atoms with Crippen LogP contribution in [0.2, 0.25) is 10.0 Å². The highest BCUT2D eigenvalue weighted by molar-refractivity contribution is 6.31. The maximum Gasteiger partial charge on any atom is 0.250 e. The zero-order valence-corrected chi connectivity index (χ0v) is 19.1. The van der Waals surface area contributed by atoms with E-state index in [1.165, 1.54) is 6.07 Å². The van der Waals surface area contributed by atoms with E-state index in [0.29, 0.717) is 34.3 Å². The van der Waals surface area contributed by atoms with E-state index in [1.807, 2.05) is 30.3 Å².